The van der Waals surface area contributed by atoms with Crippen molar-refractivity contribution in [2.24, 2.45) is 0 Å². The SMILES string of the molecule is C[C@H]1C[C@@H](NCc2ccc(CO)o2)CCN1Cc1ccccc1. The zero-order valence-corrected chi connectivity index (χ0v) is 13.7. The van der Waals surface area contributed by atoms with E-state index in [2.05, 4.69) is 47.5 Å². The van der Waals surface area contributed by atoms with E-state index < -0.39 is 0 Å². The minimum absolute atomic E-state index is 0.0328. The molecule has 1 aromatic carbocycles. The summed E-state index contributed by atoms with van der Waals surface area (Å²) < 4.78 is 5.53. The third-order valence-electron chi connectivity index (χ3n) is 4.68. The van der Waals surface area contributed by atoms with Gasteiger partial charge < -0.3 is 14.8 Å². The molecule has 2 atom stereocenters. The van der Waals surface area contributed by atoms with Crippen LogP contribution in [0, 0.1) is 0 Å². The lowest BCUT2D eigenvalue weighted by molar-refractivity contribution is 0.127. The smallest absolute Gasteiger partial charge is 0.129 e. The summed E-state index contributed by atoms with van der Waals surface area (Å²) in [7, 11) is 0. The molecule has 23 heavy (non-hydrogen) atoms. The highest BCUT2D eigenvalue weighted by Crippen LogP contribution is 2.20. The van der Waals surface area contributed by atoms with E-state index in [0.717, 1.165) is 38.2 Å². The van der Waals surface area contributed by atoms with Gasteiger partial charge in [0.15, 0.2) is 0 Å². The molecule has 0 spiro atoms. The largest absolute Gasteiger partial charge is 0.462 e. The fourth-order valence-corrected chi connectivity index (χ4v) is 3.31. The molecule has 1 aliphatic heterocycles. The number of piperidine rings is 1. The number of aliphatic hydroxyl groups excluding tert-OH is 1. The van der Waals surface area contributed by atoms with Gasteiger partial charge in [0, 0.05) is 25.2 Å². The van der Waals surface area contributed by atoms with E-state index in [1.807, 2.05) is 12.1 Å². The monoisotopic (exact) mass is 314 g/mol. The van der Waals surface area contributed by atoms with Gasteiger partial charge in [-0.3, -0.25) is 4.90 Å². The Morgan fingerprint density at radius 1 is 1.17 bits per heavy atom. The summed E-state index contributed by atoms with van der Waals surface area (Å²) in [6.45, 7) is 5.17. The fourth-order valence-electron chi connectivity index (χ4n) is 3.31. The van der Waals surface area contributed by atoms with E-state index in [-0.39, 0.29) is 6.61 Å². The topological polar surface area (TPSA) is 48.6 Å². The highest BCUT2D eigenvalue weighted by molar-refractivity contribution is 5.14. The van der Waals surface area contributed by atoms with E-state index >= 15 is 0 Å². The molecule has 2 heterocycles. The Hall–Kier alpha value is -1.62. The first kappa shape index (κ1) is 16.2. The van der Waals surface area contributed by atoms with Gasteiger partial charge in [0.1, 0.15) is 18.1 Å². The number of hydrogen-bond acceptors (Lipinski definition) is 4. The van der Waals surface area contributed by atoms with Crippen LogP contribution in [0.2, 0.25) is 0 Å². The number of nitrogens with zero attached hydrogens (tertiary/aromatic N) is 1. The van der Waals surface area contributed by atoms with Crippen molar-refractivity contribution in [2.75, 3.05) is 6.54 Å². The molecule has 0 unspecified atom stereocenters. The second-order valence-corrected chi connectivity index (χ2v) is 6.43. The minimum atomic E-state index is -0.0328. The van der Waals surface area contributed by atoms with Gasteiger partial charge >= 0.3 is 0 Å². The van der Waals surface area contributed by atoms with Crippen molar-refractivity contribution in [1.82, 2.24) is 10.2 Å². The standard InChI is InChI=1S/C19H26N2O2/c1-15-11-17(20-12-18-7-8-19(14-22)23-18)9-10-21(15)13-16-5-3-2-4-6-16/h2-8,15,17,20,22H,9-14H2,1H3/t15-,17-/m0/s1. The molecule has 3 rings (SSSR count). The highest BCUT2D eigenvalue weighted by Gasteiger charge is 2.25. The second kappa shape index (κ2) is 7.77. The van der Waals surface area contributed by atoms with Crippen LogP contribution in [0.3, 0.4) is 0 Å². The van der Waals surface area contributed by atoms with Crippen LogP contribution in [-0.2, 0) is 19.7 Å². The summed E-state index contributed by atoms with van der Waals surface area (Å²) in [6, 6.07) is 15.6. The molecular formula is C19H26N2O2. The average Bonchev–Trinajstić information content (AvgIpc) is 3.04. The van der Waals surface area contributed by atoms with Crippen LogP contribution in [0.15, 0.2) is 46.9 Å². The summed E-state index contributed by atoms with van der Waals surface area (Å²) in [5.74, 6) is 1.53. The fraction of sp³-hybridized carbons (Fsp3) is 0.474. The van der Waals surface area contributed by atoms with E-state index in [9.17, 15) is 0 Å². The van der Waals surface area contributed by atoms with Gasteiger partial charge in [0.2, 0.25) is 0 Å². The number of aliphatic hydroxyl groups is 1. The molecule has 1 saturated heterocycles. The predicted molar refractivity (Wildman–Crippen MR) is 90.8 cm³/mol. The van der Waals surface area contributed by atoms with E-state index in [4.69, 9.17) is 9.52 Å². The number of furan rings is 1. The van der Waals surface area contributed by atoms with Crippen LogP contribution in [-0.4, -0.2) is 28.6 Å². The minimum Gasteiger partial charge on any atom is -0.462 e. The summed E-state index contributed by atoms with van der Waals surface area (Å²) in [5, 5.41) is 12.6. The molecule has 1 aromatic heterocycles. The molecule has 0 amide bonds. The molecule has 0 radical (unpaired) electrons. The van der Waals surface area contributed by atoms with Crippen LogP contribution >= 0.6 is 0 Å². The van der Waals surface area contributed by atoms with Crippen LogP contribution in [0.4, 0.5) is 0 Å². The van der Waals surface area contributed by atoms with E-state index in [1.54, 1.807) is 0 Å². The Morgan fingerprint density at radius 2 is 1.96 bits per heavy atom. The van der Waals surface area contributed by atoms with Gasteiger partial charge in [-0.2, -0.15) is 0 Å². The van der Waals surface area contributed by atoms with Gasteiger partial charge in [-0.15, -0.1) is 0 Å². The van der Waals surface area contributed by atoms with Crippen molar-refractivity contribution in [3.05, 3.63) is 59.5 Å². The Labute approximate surface area is 138 Å². The number of rotatable bonds is 6. The maximum atomic E-state index is 9.03. The molecule has 4 heteroatoms. The van der Waals surface area contributed by atoms with Crippen molar-refractivity contribution in [1.29, 1.82) is 0 Å². The summed E-state index contributed by atoms with van der Waals surface area (Å²) in [4.78, 5) is 2.56. The Morgan fingerprint density at radius 3 is 2.65 bits per heavy atom. The van der Waals surface area contributed by atoms with Crippen molar-refractivity contribution in [2.45, 2.75) is 51.5 Å². The Kier molecular flexibility index (Phi) is 5.49. The molecular weight excluding hydrogens is 288 g/mol. The molecule has 2 N–H and O–H groups in total. The third kappa shape index (κ3) is 4.44. The lowest BCUT2D eigenvalue weighted by Gasteiger charge is -2.38. The Balaban J connectivity index is 1.46. The molecule has 0 aliphatic carbocycles. The van der Waals surface area contributed by atoms with Gasteiger partial charge in [-0.25, -0.2) is 0 Å². The normalized spacial score (nSPS) is 22.3. The zero-order chi connectivity index (χ0) is 16.1. The number of likely N-dealkylation sites (tertiary alicyclic amines) is 1. The molecule has 1 fully saturated rings. The number of hydrogen-bond donors (Lipinski definition) is 2. The summed E-state index contributed by atoms with van der Waals surface area (Å²) in [5.41, 5.74) is 1.39. The molecule has 124 valence electrons. The summed E-state index contributed by atoms with van der Waals surface area (Å²) >= 11 is 0. The van der Waals surface area contributed by atoms with Gasteiger partial charge in [-0.1, -0.05) is 30.3 Å². The number of benzene rings is 1. The van der Waals surface area contributed by atoms with E-state index in [1.165, 1.54) is 5.56 Å². The van der Waals surface area contributed by atoms with Crippen molar-refractivity contribution in [3.8, 4) is 0 Å². The first-order valence-corrected chi connectivity index (χ1v) is 8.44. The van der Waals surface area contributed by atoms with Crippen LogP contribution in [0.1, 0.15) is 36.8 Å². The number of nitrogens with one attached hydrogen (secondary N) is 1. The van der Waals surface area contributed by atoms with Crippen LogP contribution < -0.4 is 5.32 Å². The highest BCUT2D eigenvalue weighted by atomic mass is 16.4. The summed E-state index contributed by atoms with van der Waals surface area (Å²) in [6.07, 6.45) is 2.31. The molecule has 0 saturated carbocycles. The maximum Gasteiger partial charge on any atom is 0.129 e. The molecule has 0 bridgehead atoms. The van der Waals surface area contributed by atoms with Gasteiger partial charge in [-0.05, 0) is 37.5 Å². The quantitative estimate of drug-likeness (QED) is 0.861. The van der Waals surface area contributed by atoms with Crippen molar-refractivity contribution >= 4 is 0 Å². The first-order chi connectivity index (χ1) is 11.2. The molecule has 4 nitrogen and oxygen atoms in total. The lowest BCUT2D eigenvalue weighted by atomic mass is 9.97. The lowest BCUT2D eigenvalue weighted by Crippen LogP contribution is -2.46. The maximum absolute atomic E-state index is 9.03. The van der Waals surface area contributed by atoms with E-state index in [0.29, 0.717) is 17.8 Å². The third-order valence-corrected chi connectivity index (χ3v) is 4.68. The molecule has 2 aromatic rings. The second-order valence-electron chi connectivity index (χ2n) is 6.43. The van der Waals surface area contributed by atoms with Gasteiger partial charge in [0.25, 0.3) is 0 Å². The average molecular weight is 314 g/mol. The first-order valence-electron chi connectivity index (χ1n) is 8.44. The molecule has 1 aliphatic rings. The predicted octanol–water partition coefficient (Wildman–Crippen LogP) is 2.91. The Bertz CT molecular complexity index is 596. The van der Waals surface area contributed by atoms with Crippen molar-refractivity contribution < 1.29 is 9.52 Å². The van der Waals surface area contributed by atoms with Crippen LogP contribution in [0.5, 0.6) is 0 Å². The zero-order valence-electron chi connectivity index (χ0n) is 13.7. The van der Waals surface area contributed by atoms with Crippen LogP contribution in [0.25, 0.3) is 0 Å². The van der Waals surface area contributed by atoms with Crippen molar-refractivity contribution in [3.63, 3.8) is 0 Å². The van der Waals surface area contributed by atoms with Gasteiger partial charge in [0.05, 0.1) is 6.54 Å².